The van der Waals surface area contributed by atoms with Gasteiger partial charge < -0.3 is 0 Å². The number of alkyl halides is 1. The van der Waals surface area contributed by atoms with Crippen LogP contribution in [0.25, 0.3) is 11.0 Å². The average Bonchev–Trinajstić information content (AvgIpc) is 2.80. The van der Waals surface area contributed by atoms with Crippen molar-refractivity contribution in [1.29, 1.82) is 0 Å². The molecule has 90 valence electrons. The highest BCUT2D eigenvalue weighted by Crippen LogP contribution is 2.26. The fraction of sp³-hybridized carbons (Fsp3) is 0.385. The molecule has 1 aromatic heterocycles. The van der Waals surface area contributed by atoms with Crippen molar-refractivity contribution in [2.45, 2.75) is 25.3 Å². The number of aromatic nitrogens is 3. The average molecular weight is 250 g/mol. The number of hydrogen-bond acceptors (Lipinski definition) is 2. The monoisotopic (exact) mass is 249 g/mol. The molecule has 0 spiro atoms. The molecular weight excluding hydrogens is 234 g/mol. The highest BCUT2D eigenvalue weighted by atomic mass is 35.5. The Kier molecular flexibility index (Phi) is 3.48. The Morgan fingerprint density at radius 3 is 2.94 bits per heavy atom. The molecule has 0 amide bonds. The van der Waals surface area contributed by atoms with Crippen molar-refractivity contribution in [3.8, 4) is 0 Å². The second-order valence-electron chi connectivity index (χ2n) is 4.34. The number of hydrogen-bond donors (Lipinski definition) is 0. The summed E-state index contributed by atoms with van der Waals surface area (Å²) in [5, 5.41) is 8.42. The maximum atomic E-state index is 5.76. The zero-order valence-corrected chi connectivity index (χ0v) is 10.7. The minimum absolute atomic E-state index is 0.231. The van der Waals surface area contributed by atoms with Gasteiger partial charge in [0.05, 0.1) is 11.1 Å². The third-order valence-electron chi connectivity index (χ3n) is 3.09. The van der Waals surface area contributed by atoms with Crippen LogP contribution in [-0.4, -0.2) is 20.9 Å². The summed E-state index contributed by atoms with van der Waals surface area (Å²) in [6, 6.07) is 7.94. The molecule has 1 unspecified atom stereocenters. The number of para-hydroxylation sites is 1. The summed E-state index contributed by atoms with van der Waals surface area (Å²) in [5.74, 6) is 0.649. The predicted octanol–water partition coefficient (Wildman–Crippen LogP) is 3.35. The van der Waals surface area contributed by atoms with Gasteiger partial charge in [0, 0.05) is 5.88 Å². The molecule has 0 aliphatic carbocycles. The summed E-state index contributed by atoms with van der Waals surface area (Å²) in [6.07, 6.45) is 3.76. The molecule has 0 radical (unpaired) electrons. The largest absolute Gasteiger partial charge is 0.235 e. The van der Waals surface area contributed by atoms with Gasteiger partial charge in [0.25, 0.3) is 0 Å². The van der Waals surface area contributed by atoms with E-state index in [-0.39, 0.29) is 5.54 Å². The lowest BCUT2D eigenvalue weighted by Crippen LogP contribution is -2.28. The SMILES string of the molecule is C=CC(C)(CCCCl)n1nnc2ccccc21. The summed E-state index contributed by atoms with van der Waals surface area (Å²) >= 11 is 5.76. The Balaban J connectivity index is 2.46. The minimum Gasteiger partial charge on any atom is -0.235 e. The lowest BCUT2D eigenvalue weighted by Gasteiger charge is -2.26. The van der Waals surface area contributed by atoms with E-state index in [2.05, 4.69) is 23.8 Å². The molecular formula is C13H16ClN3. The smallest absolute Gasteiger partial charge is 0.113 e. The zero-order chi connectivity index (χ0) is 12.3. The van der Waals surface area contributed by atoms with Crippen LogP contribution in [0.2, 0.25) is 0 Å². The summed E-state index contributed by atoms with van der Waals surface area (Å²) < 4.78 is 1.93. The zero-order valence-electron chi connectivity index (χ0n) is 9.93. The molecule has 0 saturated heterocycles. The van der Waals surface area contributed by atoms with E-state index < -0.39 is 0 Å². The van der Waals surface area contributed by atoms with Crippen LogP contribution in [0, 0.1) is 0 Å². The van der Waals surface area contributed by atoms with Gasteiger partial charge in [-0.2, -0.15) is 0 Å². The van der Waals surface area contributed by atoms with E-state index in [0.29, 0.717) is 5.88 Å². The van der Waals surface area contributed by atoms with E-state index in [1.165, 1.54) is 0 Å². The first-order chi connectivity index (χ1) is 8.21. The van der Waals surface area contributed by atoms with Gasteiger partial charge in [-0.15, -0.1) is 23.3 Å². The quantitative estimate of drug-likeness (QED) is 0.601. The van der Waals surface area contributed by atoms with Crippen LogP contribution < -0.4 is 0 Å². The third kappa shape index (κ3) is 2.20. The molecule has 2 rings (SSSR count). The molecule has 1 atom stereocenters. The normalized spacial score (nSPS) is 14.7. The molecule has 0 aliphatic heterocycles. The molecule has 17 heavy (non-hydrogen) atoms. The molecule has 0 saturated carbocycles. The van der Waals surface area contributed by atoms with Crippen LogP contribution in [0.1, 0.15) is 19.8 Å². The van der Waals surface area contributed by atoms with Gasteiger partial charge in [0.15, 0.2) is 0 Å². The minimum atomic E-state index is -0.231. The fourth-order valence-electron chi connectivity index (χ4n) is 1.97. The molecule has 2 aromatic rings. The topological polar surface area (TPSA) is 30.7 Å². The molecule has 0 fully saturated rings. The maximum Gasteiger partial charge on any atom is 0.113 e. The first-order valence-electron chi connectivity index (χ1n) is 5.72. The van der Waals surface area contributed by atoms with Gasteiger partial charge >= 0.3 is 0 Å². The van der Waals surface area contributed by atoms with E-state index in [4.69, 9.17) is 11.6 Å². The van der Waals surface area contributed by atoms with Gasteiger partial charge in [0.2, 0.25) is 0 Å². The second-order valence-corrected chi connectivity index (χ2v) is 4.72. The van der Waals surface area contributed by atoms with Crippen LogP contribution in [0.4, 0.5) is 0 Å². The van der Waals surface area contributed by atoms with Crippen molar-refractivity contribution in [3.05, 3.63) is 36.9 Å². The van der Waals surface area contributed by atoms with Gasteiger partial charge in [-0.1, -0.05) is 23.4 Å². The highest BCUT2D eigenvalue weighted by molar-refractivity contribution is 6.17. The van der Waals surface area contributed by atoms with Gasteiger partial charge in [-0.05, 0) is 31.9 Å². The molecule has 0 N–H and O–H groups in total. The molecule has 0 aliphatic rings. The number of nitrogens with zero attached hydrogens (tertiary/aromatic N) is 3. The Morgan fingerprint density at radius 2 is 2.24 bits per heavy atom. The molecule has 3 nitrogen and oxygen atoms in total. The second kappa shape index (κ2) is 4.88. The molecule has 4 heteroatoms. The summed E-state index contributed by atoms with van der Waals surface area (Å²) in [7, 11) is 0. The highest BCUT2D eigenvalue weighted by Gasteiger charge is 2.25. The third-order valence-corrected chi connectivity index (χ3v) is 3.36. The predicted molar refractivity (Wildman–Crippen MR) is 71.3 cm³/mol. The van der Waals surface area contributed by atoms with Crippen molar-refractivity contribution >= 4 is 22.6 Å². The Hall–Kier alpha value is -1.35. The van der Waals surface area contributed by atoms with E-state index in [0.717, 1.165) is 23.9 Å². The van der Waals surface area contributed by atoms with Crippen molar-refractivity contribution in [1.82, 2.24) is 15.0 Å². The molecule has 1 aromatic carbocycles. The van der Waals surface area contributed by atoms with E-state index in [9.17, 15) is 0 Å². The van der Waals surface area contributed by atoms with E-state index >= 15 is 0 Å². The van der Waals surface area contributed by atoms with Crippen molar-refractivity contribution in [2.75, 3.05) is 5.88 Å². The van der Waals surface area contributed by atoms with Crippen LogP contribution in [-0.2, 0) is 5.54 Å². The number of rotatable bonds is 5. The fourth-order valence-corrected chi connectivity index (χ4v) is 2.10. The van der Waals surface area contributed by atoms with E-state index in [1.54, 1.807) is 0 Å². The number of halogens is 1. The van der Waals surface area contributed by atoms with Crippen LogP contribution in [0.5, 0.6) is 0 Å². The lowest BCUT2D eigenvalue weighted by atomic mass is 9.96. The number of allylic oxidation sites excluding steroid dienone is 1. The number of benzene rings is 1. The summed E-state index contributed by atoms with van der Waals surface area (Å²) in [4.78, 5) is 0. The van der Waals surface area contributed by atoms with E-state index in [1.807, 2.05) is 35.0 Å². The summed E-state index contributed by atoms with van der Waals surface area (Å²) in [5.41, 5.74) is 1.71. The van der Waals surface area contributed by atoms with Crippen LogP contribution >= 0.6 is 11.6 Å². The first-order valence-corrected chi connectivity index (χ1v) is 6.25. The molecule has 1 heterocycles. The van der Waals surface area contributed by atoms with Crippen molar-refractivity contribution in [3.63, 3.8) is 0 Å². The Bertz CT molecular complexity index is 520. The van der Waals surface area contributed by atoms with Crippen LogP contribution in [0.3, 0.4) is 0 Å². The maximum absolute atomic E-state index is 5.76. The van der Waals surface area contributed by atoms with Gasteiger partial charge in [-0.3, -0.25) is 0 Å². The first kappa shape index (κ1) is 12.1. The van der Waals surface area contributed by atoms with Gasteiger partial charge in [0.1, 0.15) is 5.52 Å². The van der Waals surface area contributed by atoms with Crippen molar-refractivity contribution in [2.24, 2.45) is 0 Å². The Labute approximate surface area is 106 Å². The van der Waals surface area contributed by atoms with Gasteiger partial charge in [-0.25, -0.2) is 4.68 Å². The van der Waals surface area contributed by atoms with Crippen LogP contribution in [0.15, 0.2) is 36.9 Å². The molecule has 0 bridgehead atoms. The summed E-state index contributed by atoms with van der Waals surface area (Å²) in [6.45, 7) is 6.02. The van der Waals surface area contributed by atoms with Crippen molar-refractivity contribution < 1.29 is 0 Å². The lowest BCUT2D eigenvalue weighted by molar-refractivity contribution is 0.343. The standard InChI is InChI=1S/C13H16ClN3/c1-3-13(2,9-6-10-14)17-12-8-5-4-7-11(12)15-16-17/h3-5,7-8H,1,6,9-10H2,2H3. The Morgan fingerprint density at radius 1 is 1.47 bits per heavy atom. The number of fused-ring (bicyclic) bond motifs is 1.